The van der Waals surface area contributed by atoms with Gasteiger partial charge in [-0.3, -0.25) is 14.4 Å². The van der Waals surface area contributed by atoms with Gasteiger partial charge in [0, 0.05) is 28.2 Å². The van der Waals surface area contributed by atoms with Gasteiger partial charge in [0.05, 0.1) is 13.0 Å². The van der Waals surface area contributed by atoms with Crippen molar-refractivity contribution < 1.29 is 23.9 Å². The first-order valence-corrected chi connectivity index (χ1v) is 11.7. The van der Waals surface area contributed by atoms with Gasteiger partial charge in [-0.15, -0.1) is 0 Å². The Morgan fingerprint density at radius 3 is 1.75 bits per heavy atom. The van der Waals surface area contributed by atoms with Crippen LogP contribution in [0.15, 0.2) is 109 Å². The molecule has 5 heteroatoms. The molecule has 4 aromatic carbocycles. The van der Waals surface area contributed by atoms with E-state index in [9.17, 15) is 14.4 Å². The van der Waals surface area contributed by atoms with E-state index < -0.39 is 17.9 Å². The number of rotatable bonds is 8. The standard InChI is InChI=1S/C31H24O5/c1-35-23-18-16-22(17-19-23)30(34)31-26(24-14-8-9-15-25(24)36-31)27(28(32)20-10-4-2-5-11-20)29(33)21-12-6-3-7-13-21/h2-19,26-27,31H,1H3. The maximum absolute atomic E-state index is 13.9. The number of fused-ring (bicyclic) bond motifs is 1. The maximum Gasteiger partial charge on any atom is 0.203 e. The molecule has 0 fully saturated rings. The average Bonchev–Trinajstić information content (AvgIpc) is 3.33. The van der Waals surface area contributed by atoms with E-state index in [1.54, 1.807) is 86.0 Å². The summed E-state index contributed by atoms with van der Waals surface area (Å²) in [5, 5.41) is 0. The molecule has 0 bridgehead atoms. The summed E-state index contributed by atoms with van der Waals surface area (Å²) in [5.74, 6) is -1.81. The van der Waals surface area contributed by atoms with Gasteiger partial charge < -0.3 is 9.47 Å². The molecule has 5 rings (SSSR count). The van der Waals surface area contributed by atoms with Crippen molar-refractivity contribution in [2.75, 3.05) is 7.11 Å². The van der Waals surface area contributed by atoms with Crippen molar-refractivity contribution in [2.24, 2.45) is 5.92 Å². The van der Waals surface area contributed by atoms with Gasteiger partial charge in [0.1, 0.15) is 11.5 Å². The van der Waals surface area contributed by atoms with Gasteiger partial charge in [0.25, 0.3) is 0 Å². The fourth-order valence-electron chi connectivity index (χ4n) is 4.74. The lowest BCUT2D eigenvalue weighted by Crippen LogP contribution is -2.40. The molecule has 5 nitrogen and oxygen atoms in total. The van der Waals surface area contributed by atoms with Crippen LogP contribution in [0.3, 0.4) is 0 Å². The number of ether oxygens (including phenoxy) is 2. The van der Waals surface area contributed by atoms with E-state index in [4.69, 9.17) is 9.47 Å². The van der Waals surface area contributed by atoms with Crippen LogP contribution in [0.5, 0.6) is 11.5 Å². The van der Waals surface area contributed by atoms with E-state index in [0.29, 0.717) is 33.8 Å². The molecular formula is C31H24O5. The summed E-state index contributed by atoms with van der Waals surface area (Å²) < 4.78 is 11.4. The second-order valence-electron chi connectivity index (χ2n) is 8.63. The summed E-state index contributed by atoms with van der Waals surface area (Å²) in [5.41, 5.74) is 1.90. The fraction of sp³-hybridized carbons (Fsp3) is 0.129. The van der Waals surface area contributed by atoms with Crippen molar-refractivity contribution in [2.45, 2.75) is 12.0 Å². The predicted octanol–water partition coefficient (Wildman–Crippen LogP) is 5.80. The highest BCUT2D eigenvalue weighted by Crippen LogP contribution is 2.45. The van der Waals surface area contributed by atoms with Gasteiger partial charge in [-0.05, 0) is 30.3 Å². The van der Waals surface area contributed by atoms with E-state index in [1.807, 2.05) is 30.3 Å². The van der Waals surface area contributed by atoms with Crippen LogP contribution in [0.2, 0.25) is 0 Å². The highest BCUT2D eigenvalue weighted by Gasteiger charge is 2.49. The van der Waals surface area contributed by atoms with Crippen molar-refractivity contribution in [1.29, 1.82) is 0 Å². The lowest BCUT2D eigenvalue weighted by atomic mass is 9.74. The molecule has 1 aliphatic heterocycles. The van der Waals surface area contributed by atoms with Gasteiger partial charge >= 0.3 is 0 Å². The zero-order chi connectivity index (χ0) is 25.1. The Morgan fingerprint density at radius 2 is 1.19 bits per heavy atom. The molecule has 0 aliphatic carbocycles. The molecule has 0 saturated heterocycles. The van der Waals surface area contributed by atoms with Crippen LogP contribution < -0.4 is 9.47 Å². The third kappa shape index (κ3) is 4.31. The van der Waals surface area contributed by atoms with Crippen LogP contribution in [-0.2, 0) is 0 Å². The minimum atomic E-state index is -1.15. The van der Waals surface area contributed by atoms with Crippen molar-refractivity contribution in [3.05, 3.63) is 131 Å². The molecule has 4 aromatic rings. The Hall–Kier alpha value is -4.51. The fourth-order valence-corrected chi connectivity index (χ4v) is 4.74. The van der Waals surface area contributed by atoms with E-state index >= 15 is 0 Å². The summed E-state index contributed by atoms with van der Waals surface area (Å²) in [6, 6.07) is 31.4. The Labute approximate surface area is 209 Å². The number of Topliss-reactive ketones (excluding diaryl/α,β-unsaturated/α-hetero) is 3. The molecule has 2 atom stereocenters. The predicted molar refractivity (Wildman–Crippen MR) is 136 cm³/mol. The molecule has 178 valence electrons. The molecule has 0 amide bonds. The SMILES string of the molecule is COc1ccc(C(=O)C2Oc3ccccc3C2C(C(=O)c2ccccc2)C(=O)c2ccccc2)cc1. The first-order valence-electron chi connectivity index (χ1n) is 11.7. The van der Waals surface area contributed by atoms with Gasteiger partial charge in [0.2, 0.25) is 5.78 Å². The quantitative estimate of drug-likeness (QED) is 0.237. The summed E-state index contributed by atoms with van der Waals surface area (Å²) >= 11 is 0. The van der Waals surface area contributed by atoms with Crippen LogP contribution >= 0.6 is 0 Å². The van der Waals surface area contributed by atoms with Crippen molar-refractivity contribution in [3.63, 3.8) is 0 Å². The van der Waals surface area contributed by atoms with Crippen LogP contribution in [-0.4, -0.2) is 30.6 Å². The Bertz CT molecular complexity index is 1340. The molecule has 0 aromatic heterocycles. The zero-order valence-corrected chi connectivity index (χ0v) is 19.7. The van der Waals surface area contributed by atoms with Crippen LogP contribution in [0, 0.1) is 5.92 Å². The second-order valence-corrected chi connectivity index (χ2v) is 8.63. The Kier molecular flexibility index (Phi) is 6.46. The van der Waals surface area contributed by atoms with Crippen LogP contribution in [0.4, 0.5) is 0 Å². The van der Waals surface area contributed by atoms with Crippen LogP contribution in [0.25, 0.3) is 0 Å². The summed E-state index contributed by atoms with van der Waals surface area (Å²) in [7, 11) is 1.55. The molecule has 1 aliphatic rings. The molecule has 0 saturated carbocycles. The van der Waals surface area contributed by atoms with Gasteiger partial charge in [-0.2, -0.15) is 0 Å². The molecule has 1 heterocycles. The van der Waals surface area contributed by atoms with E-state index in [0.717, 1.165) is 0 Å². The second kappa shape index (κ2) is 10.0. The van der Waals surface area contributed by atoms with Crippen molar-refractivity contribution in [3.8, 4) is 11.5 Å². The van der Waals surface area contributed by atoms with E-state index in [1.165, 1.54) is 0 Å². The summed E-state index contributed by atoms with van der Waals surface area (Å²) in [6.45, 7) is 0. The minimum absolute atomic E-state index is 0.300. The lowest BCUT2D eigenvalue weighted by Gasteiger charge is -2.26. The molecule has 2 unspecified atom stereocenters. The summed E-state index contributed by atoms with van der Waals surface area (Å²) in [6.07, 6.45) is -1.04. The lowest BCUT2D eigenvalue weighted by molar-refractivity contribution is 0.0669. The highest BCUT2D eigenvalue weighted by molar-refractivity contribution is 6.17. The largest absolute Gasteiger partial charge is 0.497 e. The number of methoxy groups -OCH3 is 1. The number of para-hydroxylation sites is 1. The molecule has 0 N–H and O–H groups in total. The number of hydrogen-bond donors (Lipinski definition) is 0. The summed E-state index contributed by atoms with van der Waals surface area (Å²) in [4.78, 5) is 41.6. The van der Waals surface area contributed by atoms with Gasteiger partial charge in [-0.1, -0.05) is 78.9 Å². The number of ketones is 3. The Morgan fingerprint density at radius 1 is 0.667 bits per heavy atom. The molecular weight excluding hydrogens is 452 g/mol. The van der Waals surface area contributed by atoms with Crippen LogP contribution in [0.1, 0.15) is 42.6 Å². The number of benzene rings is 4. The third-order valence-electron chi connectivity index (χ3n) is 6.53. The minimum Gasteiger partial charge on any atom is -0.497 e. The van der Waals surface area contributed by atoms with Crippen molar-refractivity contribution >= 4 is 17.3 Å². The average molecular weight is 477 g/mol. The topological polar surface area (TPSA) is 69.7 Å². The smallest absolute Gasteiger partial charge is 0.203 e. The first kappa shape index (κ1) is 23.2. The molecule has 0 radical (unpaired) electrons. The normalized spacial score (nSPS) is 16.2. The van der Waals surface area contributed by atoms with E-state index in [2.05, 4.69) is 0 Å². The first-order chi connectivity index (χ1) is 17.6. The van der Waals surface area contributed by atoms with Gasteiger partial charge in [0.15, 0.2) is 17.7 Å². The maximum atomic E-state index is 13.9. The number of carbonyl (C=O) groups excluding carboxylic acids is 3. The van der Waals surface area contributed by atoms with Crippen molar-refractivity contribution in [1.82, 2.24) is 0 Å². The molecule has 0 spiro atoms. The third-order valence-corrected chi connectivity index (χ3v) is 6.53. The zero-order valence-electron chi connectivity index (χ0n) is 19.7. The molecule has 36 heavy (non-hydrogen) atoms. The van der Waals surface area contributed by atoms with Gasteiger partial charge in [-0.25, -0.2) is 0 Å². The highest BCUT2D eigenvalue weighted by atomic mass is 16.5. The number of hydrogen-bond acceptors (Lipinski definition) is 5. The monoisotopic (exact) mass is 476 g/mol. The number of carbonyl (C=O) groups is 3. The Balaban J connectivity index is 1.63. The van der Waals surface area contributed by atoms with E-state index in [-0.39, 0.29) is 17.3 Å².